The first-order valence-electron chi connectivity index (χ1n) is 18.5. The van der Waals surface area contributed by atoms with Gasteiger partial charge in [0.2, 0.25) is 17.7 Å². The minimum absolute atomic E-state index is 0.0267. The lowest BCUT2D eigenvalue weighted by atomic mass is 9.81. The van der Waals surface area contributed by atoms with Crippen molar-refractivity contribution in [2.45, 2.75) is 110 Å². The number of amides is 4. The molecule has 4 amide bonds. The van der Waals surface area contributed by atoms with Gasteiger partial charge in [0.15, 0.2) is 5.78 Å². The molecule has 2 aliphatic rings. The molecule has 51 heavy (non-hydrogen) atoms. The van der Waals surface area contributed by atoms with E-state index in [9.17, 15) is 24.0 Å². The zero-order valence-corrected chi connectivity index (χ0v) is 30.2. The van der Waals surface area contributed by atoms with Gasteiger partial charge in [-0.05, 0) is 80.7 Å². The van der Waals surface area contributed by atoms with Gasteiger partial charge in [0.05, 0.1) is 11.5 Å². The van der Waals surface area contributed by atoms with Crippen molar-refractivity contribution in [3.63, 3.8) is 0 Å². The lowest BCUT2D eigenvalue weighted by molar-refractivity contribution is -0.136. The summed E-state index contributed by atoms with van der Waals surface area (Å²) < 4.78 is 0. The summed E-state index contributed by atoms with van der Waals surface area (Å²) in [6.45, 7) is 5.36. The third-order valence-electron chi connectivity index (χ3n) is 10.5. The third-order valence-corrected chi connectivity index (χ3v) is 10.5. The number of nitrogens with zero attached hydrogens (tertiary/aromatic N) is 2. The van der Waals surface area contributed by atoms with Crippen molar-refractivity contribution in [2.24, 2.45) is 5.41 Å². The zero-order valence-electron chi connectivity index (χ0n) is 30.2. The first kappa shape index (κ1) is 37.5. The number of rotatable bonds is 16. The molecule has 9 nitrogen and oxygen atoms in total. The lowest BCUT2D eigenvalue weighted by Gasteiger charge is -2.32. The maximum absolute atomic E-state index is 14.4. The Morgan fingerprint density at radius 2 is 1.47 bits per heavy atom. The van der Waals surface area contributed by atoms with Crippen LogP contribution in [0.15, 0.2) is 84.9 Å². The predicted molar refractivity (Wildman–Crippen MR) is 199 cm³/mol. The predicted octanol–water partition coefficient (Wildman–Crippen LogP) is 5.94. The molecule has 3 atom stereocenters. The van der Waals surface area contributed by atoms with E-state index < -0.39 is 23.7 Å². The van der Waals surface area contributed by atoms with E-state index in [0.717, 1.165) is 42.4 Å². The van der Waals surface area contributed by atoms with Crippen molar-refractivity contribution >= 4 is 35.1 Å². The van der Waals surface area contributed by atoms with E-state index in [2.05, 4.69) is 22.8 Å². The molecular formula is C42H52N4O5. The number of hydrogen-bond donors (Lipinski definition) is 2. The van der Waals surface area contributed by atoms with Crippen LogP contribution in [-0.2, 0) is 43.2 Å². The van der Waals surface area contributed by atoms with Crippen LogP contribution in [0.2, 0.25) is 0 Å². The summed E-state index contributed by atoms with van der Waals surface area (Å²) in [5, 5.41) is 5.86. The largest absolute Gasteiger partial charge is 0.356 e. The van der Waals surface area contributed by atoms with Crippen LogP contribution < -0.4 is 15.5 Å². The van der Waals surface area contributed by atoms with E-state index >= 15 is 0 Å². The first-order chi connectivity index (χ1) is 24.6. The number of nitrogens with one attached hydrogen (secondary N) is 2. The van der Waals surface area contributed by atoms with E-state index in [-0.39, 0.29) is 29.4 Å². The van der Waals surface area contributed by atoms with Crippen molar-refractivity contribution in [3.05, 3.63) is 102 Å². The number of anilines is 1. The highest BCUT2D eigenvalue weighted by Crippen LogP contribution is 2.41. The Labute approximate surface area is 302 Å². The van der Waals surface area contributed by atoms with Crippen molar-refractivity contribution in [1.29, 1.82) is 0 Å². The van der Waals surface area contributed by atoms with Crippen LogP contribution in [0, 0.1) is 5.41 Å². The molecule has 5 rings (SSSR count). The van der Waals surface area contributed by atoms with Gasteiger partial charge in [0, 0.05) is 32.0 Å². The molecule has 3 unspecified atom stereocenters. The molecular weight excluding hydrogens is 640 g/mol. The van der Waals surface area contributed by atoms with E-state index in [4.69, 9.17) is 0 Å². The monoisotopic (exact) mass is 692 g/mol. The summed E-state index contributed by atoms with van der Waals surface area (Å²) in [5.74, 6) is -0.525. The number of benzene rings is 3. The minimum atomic E-state index is -0.703. The van der Waals surface area contributed by atoms with Crippen molar-refractivity contribution in [3.8, 4) is 0 Å². The molecule has 3 aromatic carbocycles. The Hall–Kier alpha value is -4.79. The summed E-state index contributed by atoms with van der Waals surface area (Å²) in [6.07, 6.45) is 6.50. The average molecular weight is 693 g/mol. The quantitative estimate of drug-likeness (QED) is 0.193. The summed E-state index contributed by atoms with van der Waals surface area (Å²) in [4.78, 5) is 69.8. The Kier molecular flexibility index (Phi) is 12.8. The van der Waals surface area contributed by atoms with Gasteiger partial charge in [0.25, 0.3) is 5.91 Å². The molecule has 1 saturated heterocycles. The molecule has 1 aliphatic carbocycles. The van der Waals surface area contributed by atoms with Gasteiger partial charge < -0.3 is 15.5 Å². The Morgan fingerprint density at radius 3 is 2.06 bits per heavy atom. The molecule has 1 saturated carbocycles. The minimum Gasteiger partial charge on any atom is -0.356 e. The van der Waals surface area contributed by atoms with E-state index in [1.807, 2.05) is 84.6 Å². The molecule has 0 radical (unpaired) electrons. The number of carbonyl (C=O) groups excluding carboxylic acids is 5. The maximum atomic E-state index is 14.4. The average Bonchev–Trinajstić information content (AvgIpc) is 3.71. The fraction of sp³-hybridized carbons (Fsp3) is 0.452. The number of aryl methyl sites for hydroxylation is 1. The third kappa shape index (κ3) is 9.31. The van der Waals surface area contributed by atoms with Crippen molar-refractivity contribution in [1.82, 2.24) is 15.5 Å². The van der Waals surface area contributed by atoms with Gasteiger partial charge in [-0.3, -0.25) is 28.9 Å². The highest BCUT2D eigenvalue weighted by molar-refractivity contribution is 6.03. The zero-order chi connectivity index (χ0) is 36.4. The number of Topliss-reactive ketones (excluding diaryl/α,β-unsaturated/α-hetero) is 1. The second-order valence-electron chi connectivity index (χ2n) is 14.2. The number of hydrogen-bond acceptors (Lipinski definition) is 5. The van der Waals surface area contributed by atoms with Crippen molar-refractivity contribution in [2.75, 3.05) is 11.4 Å². The number of ketones is 1. The lowest BCUT2D eigenvalue weighted by Crippen LogP contribution is -2.49. The maximum Gasteiger partial charge on any atom is 0.251 e. The van der Waals surface area contributed by atoms with Gasteiger partial charge in [-0.25, -0.2) is 0 Å². The smallest absolute Gasteiger partial charge is 0.251 e. The molecule has 1 aliphatic heterocycles. The molecule has 0 spiro atoms. The standard InChI is InChI=1S/C42H52N4O5/c1-4-13-39(49)46-37(29-33-16-9-6-10-17-33)40(50)45(38(46)23-20-32-14-7-5-8-15-32)35-21-18-34(19-22-35)28-36(30(2)47)44-41(51)42(24-11-12-25-42)26-27-43-31(3)48/h5-10,14-19,21-22,36-38H,4,11-13,20,23-29H2,1-3H3,(H,43,48)(H,44,51). The topological polar surface area (TPSA) is 116 Å². The first-order valence-corrected chi connectivity index (χ1v) is 18.5. The van der Waals surface area contributed by atoms with Gasteiger partial charge in [-0.2, -0.15) is 0 Å². The van der Waals surface area contributed by atoms with Gasteiger partial charge in [-0.15, -0.1) is 0 Å². The molecule has 2 fully saturated rings. The summed E-state index contributed by atoms with van der Waals surface area (Å²) in [7, 11) is 0. The number of carbonyl (C=O) groups is 5. The molecule has 3 aromatic rings. The van der Waals surface area contributed by atoms with Gasteiger partial charge in [0.1, 0.15) is 12.2 Å². The molecule has 0 aromatic heterocycles. The van der Waals surface area contributed by atoms with Crippen LogP contribution in [0.25, 0.3) is 0 Å². The van der Waals surface area contributed by atoms with Crippen LogP contribution in [-0.4, -0.2) is 59.1 Å². The molecule has 1 heterocycles. The van der Waals surface area contributed by atoms with E-state index in [1.165, 1.54) is 13.8 Å². The van der Waals surface area contributed by atoms with Crippen LogP contribution in [0.5, 0.6) is 0 Å². The summed E-state index contributed by atoms with van der Waals surface area (Å²) in [6, 6.07) is 26.2. The van der Waals surface area contributed by atoms with E-state index in [1.54, 1.807) is 4.90 Å². The van der Waals surface area contributed by atoms with Gasteiger partial charge in [-0.1, -0.05) is 92.6 Å². The Bertz CT molecular complexity index is 1650. The molecule has 270 valence electrons. The second-order valence-corrected chi connectivity index (χ2v) is 14.2. The second kappa shape index (κ2) is 17.4. The van der Waals surface area contributed by atoms with Crippen LogP contribution in [0.4, 0.5) is 5.69 Å². The molecule has 9 heteroatoms. The van der Waals surface area contributed by atoms with E-state index in [0.29, 0.717) is 57.2 Å². The van der Waals surface area contributed by atoms with Gasteiger partial charge >= 0.3 is 0 Å². The normalized spacial score (nSPS) is 18.8. The summed E-state index contributed by atoms with van der Waals surface area (Å²) in [5.41, 5.74) is 3.09. The Morgan fingerprint density at radius 1 is 0.843 bits per heavy atom. The van der Waals surface area contributed by atoms with Crippen molar-refractivity contribution < 1.29 is 24.0 Å². The molecule has 2 N–H and O–H groups in total. The summed E-state index contributed by atoms with van der Waals surface area (Å²) >= 11 is 0. The highest BCUT2D eigenvalue weighted by atomic mass is 16.2. The Balaban J connectivity index is 1.38. The highest BCUT2D eigenvalue weighted by Gasteiger charge is 2.48. The fourth-order valence-corrected chi connectivity index (χ4v) is 7.73. The fourth-order valence-electron chi connectivity index (χ4n) is 7.73. The molecule has 0 bridgehead atoms. The van der Waals surface area contributed by atoms with Crippen LogP contribution in [0.1, 0.15) is 88.8 Å². The SMILES string of the molecule is CCCC(=O)N1C(Cc2ccccc2)C(=O)N(c2ccc(CC(NC(=O)C3(CCNC(C)=O)CCCC3)C(C)=O)cc2)C1CCc1ccccc1. The van der Waals surface area contributed by atoms with Crippen LogP contribution in [0.3, 0.4) is 0 Å². The van der Waals surface area contributed by atoms with Crippen LogP contribution >= 0.6 is 0 Å².